The van der Waals surface area contributed by atoms with Gasteiger partial charge in [0.2, 0.25) is 5.91 Å². The van der Waals surface area contributed by atoms with Gasteiger partial charge in [-0.2, -0.15) is 0 Å². The van der Waals surface area contributed by atoms with Crippen LogP contribution in [0, 0.1) is 11.8 Å². The van der Waals surface area contributed by atoms with E-state index in [1.807, 2.05) is 12.1 Å². The third kappa shape index (κ3) is 4.25. The molecule has 2 N–H and O–H groups in total. The fourth-order valence-corrected chi connectivity index (χ4v) is 4.02. The van der Waals surface area contributed by atoms with Crippen molar-refractivity contribution >= 4 is 29.9 Å². The number of rotatable bonds is 5. The molecule has 1 aromatic rings. The summed E-state index contributed by atoms with van der Waals surface area (Å²) in [6.45, 7) is 4.74. The van der Waals surface area contributed by atoms with E-state index in [2.05, 4.69) is 29.7 Å². The van der Waals surface area contributed by atoms with Crippen LogP contribution in [0.3, 0.4) is 0 Å². The highest BCUT2D eigenvalue weighted by atomic mass is 35.5. The van der Waals surface area contributed by atoms with Crippen molar-refractivity contribution in [3.05, 3.63) is 34.9 Å². The molecule has 1 saturated heterocycles. The Morgan fingerprint density at radius 1 is 1.25 bits per heavy atom. The molecule has 5 heteroatoms. The van der Waals surface area contributed by atoms with Crippen molar-refractivity contribution in [2.75, 3.05) is 19.6 Å². The summed E-state index contributed by atoms with van der Waals surface area (Å²) >= 11 is 6.05. The summed E-state index contributed by atoms with van der Waals surface area (Å²) < 4.78 is 0. The van der Waals surface area contributed by atoms with Crippen molar-refractivity contribution in [2.45, 2.75) is 44.4 Å². The van der Waals surface area contributed by atoms with Gasteiger partial charge in [-0.1, -0.05) is 49.9 Å². The standard InChI is InChI=1S/C19H27ClN2O.ClH/c1-14(15-11-21-12-15)18(23)22-13-19(9-3-2-4-10-19)16-5-7-17(20)8-6-16;/h5-8,14-15,21H,2-4,9-13H2,1H3,(H,22,23);1H. The van der Waals surface area contributed by atoms with Gasteiger partial charge in [0.15, 0.2) is 0 Å². The zero-order valence-electron chi connectivity index (χ0n) is 14.3. The minimum absolute atomic E-state index is 0. The number of hydrogen-bond donors (Lipinski definition) is 2. The first kappa shape index (κ1) is 19.6. The van der Waals surface area contributed by atoms with Gasteiger partial charge in [0.1, 0.15) is 0 Å². The Morgan fingerprint density at radius 2 is 1.88 bits per heavy atom. The molecular weight excluding hydrogens is 343 g/mol. The Labute approximate surface area is 156 Å². The van der Waals surface area contributed by atoms with E-state index in [1.54, 1.807) is 0 Å². The highest BCUT2D eigenvalue weighted by molar-refractivity contribution is 6.30. The third-order valence-corrected chi connectivity index (χ3v) is 6.05. The Morgan fingerprint density at radius 3 is 2.42 bits per heavy atom. The predicted octanol–water partition coefficient (Wildman–Crippen LogP) is 3.94. The summed E-state index contributed by atoms with van der Waals surface area (Å²) in [5.41, 5.74) is 1.40. The van der Waals surface area contributed by atoms with Gasteiger partial charge in [-0.25, -0.2) is 0 Å². The van der Waals surface area contributed by atoms with Crippen LogP contribution in [0.4, 0.5) is 0 Å². The van der Waals surface area contributed by atoms with Gasteiger partial charge in [-0.3, -0.25) is 4.79 Å². The Kier molecular flexibility index (Phi) is 6.97. The van der Waals surface area contributed by atoms with E-state index < -0.39 is 0 Å². The second kappa shape index (κ2) is 8.55. The van der Waals surface area contributed by atoms with Crippen LogP contribution in [0.25, 0.3) is 0 Å². The van der Waals surface area contributed by atoms with E-state index in [-0.39, 0.29) is 29.6 Å². The molecule has 1 aliphatic carbocycles. The molecule has 0 aromatic heterocycles. The lowest BCUT2D eigenvalue weighted by Crippen LogP contribution is -2.51. The molecule has 0 radical (unpaired) electrons. The molecule has 1 unspecified atom stereocenters. The van der Waals surface area contributed by atoms with E-state index in [4.69, 9.17) is 11.6 Å². The smallest absolute Gasteiger partial charge is 0.223 e. The molecule has 1 saturated carbocycles. The normalized spacial score (nSPS) is 21.2. The summed E-state index contributed by atoms with van der Waals surface area (Å²) in [7, 11) is 0. The van der Waals surface area contributed by atoms with Crippen molar-refractivity contribution in [1.29, 1.82) is 0 Å². The maximum absolute atomic E-state index is 12.5. The second-order valence-corrected chi connectivity index (χ2v) is 7.71. The van der Waals surface area contributed by atoms with Gasteiger partial charge in [-0.15, -0.1) is 12.4 Å². The van der Waals surface area contributed by atoms with E-state index in [0.29, 0.717) is 5.92 Å². The molecule has 1 atom stereocenters. The molecule has 1 aromatic carbocycles. The molecular formula is C19H28Cl2N2O. The maximum atomic E-state index is 12.5. The number of halogens is 2. The van der Waals surface area contributed by atoms with Crippen molar-refractivity contribution < 1.29 is 4.79 Å². The SMILES string of the molecule is CC(C(=O)NCC1(c2ccc(Cl)cc2)CCCCC1)C1CNC1.Cl. The topological polar surface area (TPSA) is 41.1 Å². The fraction of sp³-hybridized carbons (Fsp3) is 0.632. The molecule has 3 nitrogen and oxygen atoms in total. The minimum atomic E-state index is 0. The largest absolute Gasteiger partial charge is 0.355 e. The van der Waals surface area contributed by atoms with Crippen LogP contribution in [-0.4, -0.2) is 25.5 Å². The quantitative estimate of drug-likeness (QED) is 0.823. The highest BCUT2D eigenvalue weighted by Crippen LogP contribution is 2.39. The highest BCUT2D eigenvalue weighted by Gasteiger charge is 2.35. The Bertz CT molecular complexity index is 537. The Balaban J connectivity index is 0.00000208. The summed E-state index contributed by atoms with van der Waals surface area (Å²) in [6, 6.07) is 8.22. The molecule has 1 heterocycles. The van der Waals surface area contributed by atoms with E-state index in [0.717, 1.165) is 37.5 Å². The minimum Gasteiger partial charge on any atom is -0.355 e. The van der Waals surface area contributed by atoms with Crippen LogP contribution in [0.1, 0.15) is 44.6 Å². The van der Waals surface area contributed by atoms with E-state index in [1.165, 1.54) is 24.8 Å². The van der Waals surface area contributed by atoms with Gasteiger partial charge in [-0.05, 0) is 49.5 Å². The first-order chi connectivity index (χ1) is 11.1. The van der Waals surface area contributed by atoms with Crippen molar-refractivity contribution in [1.82, 2.24) is 10.6 Å². The first-order valence-electron chi connectivity index (χ1n) is 8.85. The molecule has 24 heavy (non-hydrogen) atoms. The van der Waals surface area contributed by atoms with Gasteiger partial charge in [0.05, 0.1) is 0 Å². The van der Waals surface area contributed by atoms with Crippen LogP contribution in [0.15, 0.2) is 24.3 Å². The lowest BCUT2D eigenvalue weighted by atomic mass is 9.69. The predicted molar refractivity (Wildman–Crippen MR) is 102 cm³/mol. The van der Waals surface area contributed by atoms with Gasteiger partial charge >= 0.3 is 0 Å². The van der Waals surface area contributed by atoms with Gasteiger partial charge < -0.3 is 10.6 Å². The summed E-state index contributed by atoms with van der Waals surface area (Å²) in [4.78, 5) is 12.5. The average Bonchev–Trinajstić information content (AvgIpc) is 2.52. The summed E-state index contributed by atoms with van der Waals surface area (Å²) in [6.07, 6.45) is 6.07. The maximum Gasteiger partial charge on any atom is 0.223 e. The lowest BCUT2D eigenvalue weighted by Gasteiger charge is -2.39. The molecule has 2 fully saturated rings. The van der Waals surface area contributed by atoms with E-state index in [9.17, 15) is 4.79 Å². The third-order valence-electron chi connectivity index (χ3n) is 5.80. The van der Waals surface area contributed by atoms with Gasteiger partial charge in [0, 0.05) is 22.9 Å². The summed E-state index contributed by atoms with van der Waals surface area (Å²) in [5.74, 6) is 0.797. The van der Waals surface area contributed by atoms with Crippen LogP contribution >= 0.6 is 24.0 Å². The molecule has 1 amide bonds. The van der Waals surface area contributed by atoms with Gasteiger partial charge in [0.25, 0.3) is 0 Å². The molecule has 0 bridgehead atoms. The first-order valence-corrected chi connectivity index (χ1v) is 9.23. The zero-order chi connectivity index (χ0) is 16.3. The number of nitrogens with one attached hydrogen (secondary N) is 2. The monoisotopic (exact) mass is 370 g/mol. The molecule has 134 valence electrons. The van der Waals surface area contributed by atoms with Crippen molar-refractivity contribution in [3.63, 3.8) is 0 Å². The van der Waals surface area contributed by atoms with Crippen molar-refractivity contribution in [3.8, 4) is 0 Å². The second-order valence-electron chi connectivity index (χ2n) is 7.27. The van der Waals surface area contributed by atoms with Crippen LogP contribution in [0.5, 0.6) is 0 Å². The molecule has 1 aliphatic heterocycles. The number of hydrogen-bond acceptors (Lipinski definition) is 2. The number of carbonyl (C=O) groups is 1. The zero-order valence-corrected chi connectivity index (χ0v) is 15.9. The summed E-state index contributed by atoms with van der Waals surface area (Å²) in [5, 5.41) is 7.28. The molecule has 2 aliphatic rings. The van der Waals surface area contributed by atoms with Crippen molar-refractivity contribution in [2.24, 2.45) is 11.8 Å². The fourth-order valence-electron chi connectivity index (χ4n) is 3.90. The van der Waals surface area contributed by atoms with E-state index >= 15 is 0 Å². The van der Waals surface area contributed by atoms with Crippen LogP contribution in [0.2, 0.25) is 5.02 Å². The van der Waals surface area contributed by atoms with Crippen LogP contribution in [-0.2, 0) is 10.2 Å². The average molecular weight is 371 g/mol. The Hall–Kier alpha value is -0.770. The number of amides is 1. The number of benzene rings is 1. The molecule has 3 rings (SSSR count). The number of carbonyl (C=O) groups excluding carboxylic acids is 1. The van der Waals surface area contributed by atoms with Crippen LogP contribution < -0.4 is 10.6 Å². The molecule has 0 spiro atoms. The lowest BCUT2D eigenvalue weighted by molar-refractivity contribution is -0.127.